The number of H-pyrrole nitrogens is 1. The van der Waals surface area contributed by atoms with E-state index in [0.717, 1.165) is 24.4 Å². The number of hydrogen-bond donors (Lipinski definition) is 1. The van der Waals surface area contributed by atoms with E-state index in [9.17, 15) is 0 Å². The molecule has 3 aromatic rings. The first-order valence-electron chi connectivity index (χ1n) is 11.4. The van der Waals surface area contributed by atoms with E-state index in [2.05, 4.69) is 48.1 Å². The number of benzene rings is 1. The lowest BCUT2D eigenvalue weighted by atomic mass is 9.83. The van der Waals surface area contributed by atoms with Crippen LogP contribution in [0.4, 0.5) is 0 Å². The number of rotatable bonds is 4. The fourth-order valence-corrected chi connectivity index (χ4v) is 6.28. The van der Waals surface area contributed by atoms with Gasteiger partial charge in [-0.25, -0.2) is 4.98 Å². The number of imidazole rings is 1. The van der Waals surface area contributed by atoms with Crippen molar-refractivity contribution in [3.8, 4) is 21.0 Å². The lowest BCUT2D eigenvalue weighted by molar-refractivity contribution is 0.318. The summed E-state index contributed by atoms with van der Waals surface area (Å²) in [5.41, 5.74) is 7.99. The van der Waals surface area contributed by atoms with Gasteiger partial charge in [0, 0.05) is 11.3 Å². The minimum absolute atomic E-state index is 0.571. The van der Waals surface area contributed by atoms with Gasteiger partial charge in [-0.3, -0.25) is 0 Å². The van der Waals surface area contributed by atoms with E-state index in [0.29, 0.717) is 5.41 Å². The van der Waals surface area contributed by atoms with Gasteiger partial charge in [0.05, 0.1) is 16.8 Å². The van der Waals surface area contributed by atoms with Gasteiger partial charge >= 0.3 is 0 Å². The summed E-state index contributed by atoms with van der Waals surface area (Å²) in [7, 11) is 0. The summed E-state index contributed by atoms with van der Waals surface area (Å²) in [4.78, 5) is 10.7. The molecule has 3 heteroatoms. The first kappa shape index (κ1) is 20.4. The Kier molecular flexibility index (Phi) is 5.96. The first-order chi connectivity index (χ1) is 14.2. The van der Waals surface area contributed by atoms with E-state index >= 15 is 0 Å². The van der Waals surface area contributed by atoms with Crippen molar-refractivity contribution in [3.63, 3.8) is 0 Å². The Labute approximate surface area is 179 Å². The number of aromatic nitrogens is 2. The highest BCUT2D eigenvalue weighted by Gasteiger charge is 2.41. The maximum atomic E-state index is 4.53. The van der Waals surface area contributed by atoms with E-state index in [1.165, 1.54) is 59.4 Å². The molecule has 0 atom stereocenters. The average molecular weight is 407 g/mol. The summed E-state index contributed by atoms with van der Waals surface area (Å²) in [5, 5.41) is 0. The molecule has 0 unspecified atom stereocenters. The quantitative estimate of drug-likeness (QED) is 0.471. The summed E-state index contributed by atoms with van der Waals surface area (Å²) < 4.78 is 0. The lowest BCUT2D eigenvalue weighted by Crippen LogP contribution is -2.15. The van der Waals surface area contributed by atoms with Gasteiger partial charge in [0.15, 0.2) is 0 Å². The van der Waals surface area contributed by atoms with Crippen LogP contribution >= 0.6 is 11.3 Å². The van der Waals surface area contributed by atoms with Crippen molar-refractivity contribution in [2.24, 2.45) is 5.41 Å². The second kappa shape index (κ2) is 8.47. The van der Waals surface area contributed by atoms with Crippen LogP contribution in [-0.4, -0.2) is 9.97 Å². The molecule has 0 saturated heterocycles. The highest BCUT2D eigenvalue weighted by Crippen LogP contribution is 2.52. The van der Waals surface area contributed by atoms with E-state index in [1.807, 2.05) is 31.4 Å². The maximum absolute atomic E-state index is 4.53. The van der Waals surface area contributed by atoms with Gasteiger partial charge in [-0.1, -0.05) is 45.7 Å². The molecule has 5 rings (SSSR count). The van der Waals surface area contributed by atoms with Gasteiger partial charge < -0.3 is 4.98 Å². The van der Waals surface area contributed by atoms with Crippen LogP contribution in [0.3, 0.4) is 0 Å². The van der Waals surface area contributed by atoms with Crippen molar-refractivity contribution in [3.05, 3.63) is 53.0 Å². The monoisotopic (exact) mass is 406 g/mol. The molecule has 2 heterocycles. The highest BCUT2D eigenvalue weighted by molar-refractivity contribution is 7.18. The fraction of sp³-hybridized carbons (Fsp3) is 0.500. The molecule has 1 fully saturated rings. The molecule has 154 valence electrons. The Bertz CT molecular complexity index is 973. The molecule has 2 aliphatic rings. The molecule has 1 saturated carbocycles. The molecule has 0 bridgehead atoms. The highest BCUT2D eigenvalue weighted by atomic mass is 32.1. The van der Waals surface area contributed by atoms with E-state index < -0.39 is 0 Å². The molecule has 0 aliphatic heterocycles. The van der Waals surface area contributed by atoms with Gasteiger partial charge in [0.2, 0.25) is 0 Å². The molecular formula is C26H34N2S. The Hall–Kier alpha value is -1.87. The lowest BCUT2D eigenvalue weighted by Gasteiger charge is -2.21. The van der Waals surface area contributed by atoms with Crippen molar-refractivity contribution >= 4 is 11.3 Å². The van der Waals surface area contributed by atoms with Crippen molar-refractivity contribution in [1.82, 2.24) is 9.97 Å². The SMILES string of the molecule is CC.CCCc1ncc(-c2ccc(-c3ccc(C)c4c3CC3(CCCC3)C4)s2)[nH]1. The van der Waals surface area contributed by atoms with Gasteiger partial charge in [-0.15, -0.1) is 11.3 Å². The minimum atomic E-state index is 0.571. The fourth-order valence-electron chi connectivity index (χ4n) is 5.26. The Morgan fingerprint density at radius 2 is 1.72 bits per heavy atom. The van der Waals surface area contributed by atoms with Crippen LogP contribution in [0.1, 0.15) is 75.4 Å². The number of aromatic amines is 1. The predicted octanol–water partition coefficient (Wildman–Crippen LogP) is 7.75. The van der Waals surface area contributed by atoms with Crippen LogP contribution in [0.15, 0.2) is 30.5 Å². The summed E-state index contributed by atoms with van der Waals surface area (Å²) >= 11 is 1.90. The molecule has 1 spiro atoms. The smallest absolute Gasteiger partial charge is 0.106 e. The largest absolute Gasteiger partial charge is 0.341 e. The normalized spacial score (nSPS) is 16.7. The van der Waals surface area contributed by atoms with Gasteiger partial charge in [0.1, 0.15) is 5.82 Å². The van der Waals surface area contributed by atoms with E-state index in [-0.39, 0.29) is 0 Å². The molecule has 29 heavy (non-hydrogen) atoms. The summed E-state index contributed by atoms with van der Waals surface area (Å²) in [6, 6.07) is 9.28. The third kappa shape index (κ3) is 3.82. The number of nitrogens with zero attached hydrogens (tertiary/aromatic N) is 1. The molecule has 1 N–H and O–H groups in total. The predicted molar refractivity (Wildman–Crippen MR) is 126 cm³/mol. The van der Waals surface area contributed by atoms with Crippen molar-refractivity contribution < 1.29 is 0 Å². The van der Waals surface area contributed by atoms with Crippen LogP contribution in [0.25, 0.3) is 21.0 Å². The molecule has 2 nitrogen and oxygen atoms in total. The van der Waals surface area contributed by atoms with Gasteiger partial charge in [-0.05, 0) is 78.8 Å². The zero-order valence-corrected chi connectivity index (χ0v) is 19.2. The molecule has 0 radical (unpaired) electrons. The average Bonchev–Trinajstić information content (AvgIpc) is 3.51. The second-order valence-electron chi connectivity index (χ2n) is 8.61. The first-order valence-corrected chi connectivity index (χ1v) is 12.2. The third-order valence-corrected chi connectivity index (χ3v) is 7.84. The van der Waals surface area contributed by atoms with Crippen LogP contribution in [0.5, 0.6) is 0 Å². The Balaban J connectivity index is 0.000000994. The standard InChI is InChI=1S/C24H28N2S.C2H6/c1-3-6-23-25-15-20(26-23)22-10-9-21(27-22)17-8-7-16(2)18-13-24(14-19(17)18)11-4-5-12-24;1-2/h7-10,15H,3-6,11-14H2,1-2H3,(H,25,26);1-2H3. The molecule has 2 aromatic heterocycles. The molecular weight excluding hydrogens is 372 g/mol. The van der Waals surface area contributed by atoms with Crippen LogP contribution in [0.2, 0.25) is 0 Å². The zero-order valence-electron chi connectivity index (χ0n) is 18.4. The summed E-state index contributed by atoms with van der Waals surface area (Å²) in [6.07, 6.45) is 12.4. The Morgan fingerprint density at radius 1 is 1.00 bits per heavy atom. The van der Waals surface area contributed by atoms with Crippen molar-refractivity contribution in [1.29, 1.82) is 0 Å². The number of thiophene rings is 1. The number of nitrogens with one attached hydrogen (secondary N) is 1. The van der Waals surface area contributed by atoms with Crippen LogP contribution in [0, 0.1) is 12.3 Å². The van der Waals surface area contributed by atoms with Gasteiger partial charge in [0.25, 0.3) is 0 Å². The van der Waals surface area contributed by atoms with E-state index in [1.54, 1.807) is 11.1 Å². The molecule has 1 aromatic carbocycles. The number of fused-ring (bicyclic) bond motifs is 1. The van der Waals surface area contributed by atoms with Gasteiger partial charge in [-0.2, -0.15) is 0 Å². The third-order valence-electron chi connectivity index (χ3n) is 6.69. The molecule has 0 amide bonds. The Morgan fingerprint density at radius 3 is 2.48 bits per heavy atom. The van der Waals surface area contributed by atoms with Crippen LogP contribution < -0.4 is 0 Å². The summed E-state index contributed by atoms with van der Waals surface area (Å²) in [5.74, 6) is 1.10. The number of hydrogen-bond acceptors (Lipinski definition) is 2. The van der Waals surface area contributed by atoms with E-state index in [4.69, 9.17) is 0 Å². The topological polar surface area (TPSA) is 28.7 Å². The summed E-state index contributed by atoms with van der Waals surface area (Å²) in [6.45, 7) is 8.50. The molecule has 2 aliphatic carbocycles. The van der Waals surface area contributed by atoms with Crippen molar-refractivity contribution in [2.45, 2.75) is 79.1 Å². The second-order valence-corrected chi connectivity index (χ2v) is 9.69. The zero-order chi connectivity index (χ0) is 20.4. The number of aryl methyl sites for hydroxylation is 2. The van der Waals surface area contributed by atoms with Crippen molar-refractivity contribution in [2.75, 3.05) is 0 Å². The van der Waals surface area contributed by atoms with Crippen LogP contribution in [-0.2, 0) is 19.3 Å². The minimum Gasteiger partial charge on any atom is -0.341 e. The maximum Gasteiger partial charge on any atom is 0.106 e.